The molecule has 6 nitrogen and oxygen atoms in total. The molecule has 1 N–H and O–H groups in total. The van der Waals surface area contributed by atoms with Gasteiger partial charge < -0.3 is 0 Å². The maximum atomic E-state index is 12.3. The molecule has 0 aliphatic rings. The molecule has 0 aliphatic heterocycles. The number of hydrogen-bond donors (Lipinski definition) is 1. The summed E-state index contributed by atoms with van der Waals surface area (Å²) in [5.74, 6) is -0.164. The van der Waals surface area contributed by atoms with E-state index in [0.29, 0.717) is 22.2 Å². The first-order valence-corrected chi connectivity index (χ1v) is 10.1. The number of benzene rings is 2. The predicted octanol–water partition coefficient (Wildman–Crippen LogP) is 3.25. The lowest BCUT2D eigenvalue weighted by Crippen LogP contribution is -2.24. The van der Waals surface area contributed by atoms with Crippen LogP contribution in [0.15, 0.2) is 55.1 Å². The molecular formula is C17H16Cl2N4O2S. The van der Waals surface area contributed by atoms with E-state index in [1.807, 2.05) is 24.3 Å². The molecule has 0 radical (unpaired) electrons. The molecule has 136 valence electrons. The number of nitrogens with zero attached hydrogens (tertiary/aromatic N) is 3. The van der Waals surface area contributed by atoms with Crippen molar-refractivity contribution >= 4 is 33.2 Å². The largest absolute Gasteiger partial charge is 0.249 e. The van der Waals surface area contributed by atoms with E-state index in [1.165, 1.54) is 6.33 Å². The molecule has 26 heavy (non-hydrogen) atoms. The highest BCUT2D eigenvalue weighted by Crippen LogP contribution is 2.23. The first-order valence-electron chi connectivity index (χ1n) is 7.73. The quantitative estimate of drug-likeness (QED) is 0.648. The number of aromatic nitrogens is 3. The summed E-state index contributed by atoms with van der Waals surface area (Å²) < 4.78 is 28.9. The molecule has 0 bridgehead atoms. The summed E-state index contributed by atoms with van der Waals surface area (Å²) in [4.78, 5) is 3.90. The van der Waals surface area contributed by atoms with E-state index >= 15 is 0 Å². The van der Waals surface area contributed by atoms with Crippen LogP contribution in [0.1, 0.15) is 16.7 Å². The Morgan fingerprint density at radius 1 is 1.00 bits per heavy atom. The Hall–Kier alpha value is -1.93. The molecule has 0 atom stereocenters. The zero-order valence-electron chi connectivity index (χ0n) is 13.6. The number of rotatable bonds is 7. The second kappa shape index (κ2) is 8.18. The Labute approximate surface area is 161 Å². The zero-order chi connectivity index (χ0) is 18.6. The maximum absolute atomic E-state index is 12.3. The van der Waals surface area contributed by atoms with Gasteiger partial charge in [0.2, 0.25) is 10.0 Å². The summed E-state index contributed by atoms with van der Waals surface area (Å²) in [5.41, 5.74) is 2.45. The van der Waals surface area contributed by atoms with Gasteiger partial charge in [0.1, 0.15) is 12.7 Å². The van der Waals surface area contributed by atoms with Crippen molar-refractivity contribution in [1.82, 2.24) is 19.5 Å². The van der Waals surface area contributed by atoms with Crippen molar-refractivity contribution in [3.63, 3.8) is 0 Å². The third-order valence-corrected chi connectivity index (χ3v) is 5.68. The van der Waals surface area contributed by atoms with Gasteiger partial charge in [0.25, 0.3) is 0 Å². The Balaban J connectivity index is 1.63. The van der Waals surface area contributed by atoms with Gasteiger partial charge in [0.15, 0.2) is 0 Å². The van der Waals surface area contributed by atoms with Gasteiger partial charge in [0.05, 0.1) is 22.3 Å². The summed E-state index contributed by atoms with van der Waals surface area (Å²) in [6.45, 7) is 0.777. The zero-order valence-corrected chi connectivity index (χ0v) is 16.0. The molecular weight excluding hydrogens is 395 g/mol. The van der Waals surface area contributed by atoms with Crippen LogP contribution in [0.5, 0.6) is 0 Å². The predicted molar refractivity (Wildman–Crippen MR) is 101 cm³/mol. The first kappa shape index (κ1) is 18.8. The summed E-state index contributed by atoms with van der Waals surface area (Å²) in [6.07, 6.45) is 3.10. The van der Waals surface area contributed by atoms with E-state index in [2.05, 4.69) is 14.8 Å². The Bertz CT molecular complexity index is 992. The fourth-order valence-corrected chi connectivity index (χ4v) is 3.86. The van der Waals surface area contributed by atoms with Crippen LogP contribution in [0.4, 0.5) is 0 Å². The molecule has 1 aromatic heterocycles. The fourth-order valence-electron chi connectivity index (χ4n) is 2.43. The highest BCUT2D eigenvalue weighted by Gasteiger charge is 2.12. The number of sulfonamides is 1. The lowest BCUT2D eigenvalue weighted by Gasteiger charge is -2.09. The second-order valence-electron chi connectivity index (χ2n) is 5.74. The van der Waals surface area contributed by atoms with Crippen LogP contribution in [0.3, 0.4) is 0 Å². The molecule has 0 unspecified atom stereocenters. The Morgan fingerprint density at radius 2 is 1.81 bits per heavy atom. The molecule has 0 fully saturated rings. The molecule has 0 saturated carbocycles. The van der Waals surface area contributed by atoms with Gasteiger partial charge in [-0.05, 0) is 28.8 Å². The van der Waals surface area contributed by atoms with Crippen LogP contribution in [0.25, 0.3) is 0 Å². The van der Waals surface area contributed by atoms with E-state index in [9.17, 15) is 8.42 Å². The van der Waals surface area contributed by atoms with E-state index in [1.54, 1.807) is 29.2 Å². The summed E-state index contributed by atoms with van der Waals surface area (Å²) in [7, 11) is -3.50. The standard InChI is InChI=1S/C17H16Cl2N4O2S/c18-16-5-4-15(7-17(16)19)10-26(24,25)22-8-13-2-1-3-14(6-13)9-23-12-20-11-21-23/h1-7,11-12,22H,8-10H2. The average molecular weight is 411 g/mol. The van der Waals surface area contributed by atoms with E-state index in [-0.39, 0.29) is 12.3 Å². The van der Waals surface area contributed by atoms with E-state index < -0.39 is 10.0 Å². The van der Waals surface area contributed by atoms with Crippen LogP contribution in [-0.2, 0) is 28.9 Å². The third kappa shape index (κ3) is 5.28. The van der Waals surface area contributed by atoms with Crippen LogP contribution in [0.2, 0.25) is 10.0 Å². The minimum absolute atomic E-state index is 0.164. The molecule has 0 amide bonds. The monoisotopic (exact) mass is 410 g/mol. The first-order chi connectivity index (χ1) is 12.4. The van der Waals surface area contributed by atoms with Crippen molar-refractivity contribution in [2.75, 3.05) is 0 Å². The van der Waals surface area contributed by atoms with Crippen LogP contribution in [-0.4, -0.2) is 23.2 Å². The number of hydrogen-bond acceptors (Lipinski definition) is 4. The van der Waals surface area contributed by atoms with Gasteiger partial charge in [-0.1, -0.05) is 53.5 Å². The maximum Gasteiger partial charge on any atom is 0.216 e. The minimum atomic E-state index is -3.50. The topological polar surface area (TPSA) is 76.9 Å². The van der Waals surface area contributed by atoms with Crippen molar-refractivity contribution in [3.8, 4) is 0 Å². The lowest BCUT2D eigenvalue weighted by molar-refractivity contribution is 0.580. The van der Waals surface area contributed by atoms with E-state index in [4.69, 9.17) is 23.2 Å². The second-order valence-corrected chi connectivity index (χ2v) is 8.36. The number of halogens is 2. The summed E-state index contributed by atoms with van der Waals surface area (Å²) in [5, 5.41) is 4.79. The SMILES string of the molecule is O=S(=O)(Cc1ccc(Cl)c(Cl)c1)NCc1cccc(Cn2cncn2)c1. The fraction of sp³-hybridized carbons (Fsp3) is 0.176. The smallest absolute Gasteiger partial charge is 0.216 e. The van der Waals surface area contributed by atoms with Gasteiger partial charge in [0, 0.05) is 6.54 Å². The van der Waals surface area contributed by atoms with Gasteiger partial charge in [-0.25, -0.2) is 22.8 Å². The minimum Gasteiger partial charge on any atom is -0.249 e. The van der Waals surface area contributed by atoms with Gasteiger partial charge in [-0.3, -0.25) is 0 Å². The lowest BCUT2D eigenvalue weighted by atomic mass is 10.1. The molecule has 0 spiro atoms. The molecule has 3 rings (SSSR count). The van der Waals surface area contributed by atoms with Crippen LogP contribution < -0.4 is 4.72 Å². The molecule has 9 heteroatoms. The van der Waals surface area contributed by atoms with Crippen LogP contribution in [0, 0.1) is 0 Å². The summed E-state index contributed by atoms with van der Waals surface area (Å²) in [6, 6.07) is 12.4. The van der Waals surface area contributed by atoms with Crippen molar-refractivity contribution in [2.45, 2.75) is 18.8 Å². The van der Waals surface area contributed by atoms with Crippen molar-refractivity contribution < 1.29 is 8.42 Å². The normalized spacial score (nSPS) is 11.6. The molecule has 0 saturated heterocycles. The van der Waals surface area contributed by atoms with E-state index in [0.717, 1.165) is 11.1 Å². The van der Waals surface area contributed by atoms with Crippen molar-refractivity contribution in [1.29, 1.82) is 0 Å². The van der Waals surface area contributed by atoms with Crippen LogP contribution >= 0.6 is 23.2 Å². The van der Waals surface area contributed by atoms with Crippen molar-refractivity contribution in [2.24, 2.45) is 0 Å². The molecule has 0 aliphatic carbocycles. The Morgan fingerprint density at radius 3 is 2.54 bits per heavy atom. The Kier molecular flexibility index (Phi) is 5.93. The highest BCUT2D eigenvalue weighted by molar-refractivity contribution is 7.88. The third-order valence-electron chi connectivity index (χ3n) is 3.64. The molecule has 3 aromatic rings. The molecule has 2 aromatic carbocycles. The van der Waals surface area contributed by atoms with Gasteiger partial charge in [-0.2, -0.15) is 5.10 Å². The van der Waals surface area contributed by atoms with Crippen molar-refractivity contribution in [3.05, 3.63) is 81.9 Å². The highest BCUT2D eigenvalue weighted by atomic mass is 35.5. The number of nitrogens with one attached hydrogen (secondary N) is 1. The summed E-state index contributed by atoms with van der Waals surface area (Å²) >= 11 is 11.8. The molecule has 1 heterocycles. The van der Waals surface area contributed by atoms with Gasteiger partial charge >= 0.3 is 0 Å². The average Bonchev–Trinajstić information content (AvgIpc) is 3.10. The van der Waals surface area contributed by atoms with Gasteiger partial charge in [-0.15, -0.1) is 0 Å².